The minimum absolute atomic E-state index is 0.0758. The number of aliphatic hydroxyl groups excluding tert-OH is 1. The van der Waals surface area contributed by atoms with Gasteiger partial charge in [-0.2, -0.15) is 0 Å². The Morgan fingerprint density at radius 3 is 3.00 bits per heavy atom. The van der Waals surface area contributed by atoms with Gasteiger partial charge in [0, 0.05) is 17.6 Å². The molecule has 2 N–H and O–H groups in total. The van der Waals surface area contributed by atoms with E-state index >= 15 is 0 Å². The molecule has 1 saturated carbocycles. The van der Waals surface area contributed by atoms with Crippen LogP contribution in [-0.2, 0) is 4.74 Å². The highest BCUT2D eigenvalue weighted by Crippen LogP contribution is 2.28. The summed E-state index contributed by atoms with van der Waals surface area (Å²) < 4.78 is 18.9. The molecule has 1 atom stereocenters. The van der Waals surface area contributed by atoms with Crippen LogP contribution in [0.15, 0.2) is 22.7 Å². The fourth-order valence-corrected chi connectivity index (χ4v) is 2.12. The van der Waals surface area contributed by atoms with Crippen molar-refractivity contribution in [2.45, 2.75) is 18.9 Å². The summed E-state index contributed by atoms with van der Waals surface area (Å²) in [5, 5.41) is 12.2. The van der Waals surface area contributed by atoms with E-state index in [-0.39, 0.29) is 18.7 Å². The standard InChI is InChI=1S/C14H17BrFNO3/c15-13-4-3-10(16)5-12(13)14(19)17-6-11(18)8-20-7-9-1-2-9/h3-5,9,11,18H,1-2,6-8H2,(H,17,19). The molecule has 1 unspecified atom stereocenters. The van der Waals surface area contributed by atoms with Crippen molar-refractivity contribution in [1.29, 1.82) is 0 Å². The van der Waals surface area contributed by atoms with E-state index in [1.165, 1.54) is 25.0 Å². The molecule has 1 aliphatic carbocycles. The Bertz CT molecular complexity index is 479. The summed E-state index contributed by atoms with van der Waals surface area (Å²) in [5.41, 5.74) is 0.205. The summed E-state index contributed by atoms with van der Waals surface area (Å²) in [4.78, 5) is 11.9. The molecular formula is C14H17BrFNO3. The Hall–Kier alpha value is -0.980. The van der Waals surface area contributed by atoms with Crippen LogP contribution in [0.3, 0.4) is 0 Å². The number of ether oxygens (including phenoxy) is 1. The first-order valence-corrected chi connectivity index (χ1v) is 7.34. The van der Waals surface area contributed by atoms with Crippen molar-refractivity contribution in [3.05, 3.63) is 34.1 Å². The maximum atomic E-state index is 13.1. The number of aliphatic hydroxyl groups is 1. The quantitative estimate of drug-likeness (QED) is 0.795. The number of halogens is 2. The molecule has 110 valence electrons. The molecule has 4 nitrogen and oxygen atoms in total. The Labute approximate surface area is 125 Å². The molecule has 20 heavy (non-hydrogen) atoms. The lowest BCUT2D eigenvalue weighted by Gasteiger charge is -2.13. The van der Waals surface area contributed by atoms with Gasteiger partial charge in [-0.05, 0) is 52.9 Å². The van der Waals surface area contributed by atoms with Crippen LogP contribution in [0.5, 0.6) is 0 Å². The third-order valence-corrected chi connectivity index (χ3v) is 3.72. The summed E-state index contributed by atoms with van der Waals surface area (Å²) in [7, 11) is 0. The summed E-state index contributed by atoms with van der Waals surface area (Å²) in [6, 6.07) is 3.89. The molecule has 2 rings (SSSR count). The number of nitrogens with one attached hydrogen (secondary N) is 1. The van der Waals surface area contributed by atoms with E-state index in [0.29, 0.717) is 17.0 Å². The largest absolute Gasteiger partial charge is 0.389 e. The number of carbonyl (C=O) groups is 1. The monoisotopic (exact) mass is 345 g/mol. The highest BCUT2D eigenvalue weighted by Gasteiger charge is 2.21. The van der Waals surface area contributed by atoms with Crippen molar-refractivity contribution < 1.29 is 19.0 Å². The predicted molar refractivity (Wildman–Crippen MR) is 76.0 cm³/mol. The zero-order chi connectivity index (χ0) is 14.5. The van der Waals surface area contributed by atoms with Gasteiger partial charge in [0.15, 0.2) is 0 Å². The summed E-state index contributed by atoms with van der Waals surface area (Å²) in [6.45, 7) is 0.938. The summed E-state index contributed by atoms with van der Waals surface area (Å²) >= 11 is 3.19. The van der Waals surface area contributed by atoms with Crippen LogP contribution < -0.4 is 5.32 Å². The molecule has 0 bridgehead atoms. The van der Waals surface area contributed by atoms with Crippen molar-refractivity contribution in [2.24, 2.45) is 5.92 Å². The molecular weight excluding hydrogens is 329 g/mol. The van der Waals surface area contributed by atoms with Crippen LogP contribution in [0, 0.1) is 11.7 Å². The van der Waals surface area contributed by atoms with E-state index in [1.807, 2.05) is 0 Å². The van der Waals surface area contributed by atoms with Gasteiger partial charge in [-0.25, -0.2) is 4.39 Å². The van der Waals surface area contributed by atoms with Gasteiger partial charge in [-0.3, -0.25) is 4.79 Å². The van der Waals surface area contributed by atoms with Gasteiger partial charge in [-0.15, -0.1) is 0 Å². The fourth-order valence-electron chi connectivity index (χ4n) is 1.69. The molecule has 0 heterocycles. The van der Waals surface area contributed by atoms with Gasteiger partial charge in [0.25, 0.3) is 5.91 Å². The maximum Gasteiger partial charge on any atom is 0.252 e. The molecule has 6 heteroatoms. The second-order valence-electron chi connectivity index (χ2n) is 4.97. The van der Waals surface area contributed by atoms with Gasteiger partial charge in [0.1, 0.15) is 5.82 Å². The van der Waals surface area contributed by atoms with Gasteiger partial charge in [-0.1, -0.05) is 0 Å². The Balaban J connectivity index is 1.74. The van der Waals surface area contributed by atoms with Crippen LogP contribution in [0.4, 0.5) is 4.39 Å². The van der Waals surface area contributed by atoms with E-state index in [2.05, 4.69) is 21.2 Å². The molecule has 1 fully saturated rings. The van der Waals surface area contributed by atoms with Crippen LogP contribution in [-0.4, -0.2) is 36.9 Å². The minimum Gasteiger partial charge on any atom is -0.389 e. The number of benzene rings is 1. The SMILES string of the molecule is O=C(NCC(O)COCC1CC1)c1cc(F)ccc1Br. The Kier molecular flexibility index (Phi) is 5.51. The summed E-state index contributed by atoms with van der Waals surface area (Å²) in [6.07, 6.45) is 1.63. The lowest BCUT2D eigenvalue weighted by molar-refractivity contribution is 0.0320. The third kappa shape index (κ3) is 4.85. The van der Waals surface area contributed by atoms with E-state index < -0.39 is 17.8 Å². The molecule has 0 spiro atoms. The van der Waals surface area contributed by atoms with Crippen LogP contribution in [0.2, 0.25) is 0 Å². The molecule has 1 amide bonds. The lowest BCUT2D eigenvalue weighted by atomic mass is 10.2. The average Bonchev–Trinajstić information content (AvgIpc) is 3.23. The third-order valence-electron chi connectivity index (χ3n) is 3.03. The molecule has 1 aromatic carbocycles. The molecule has 0 aliphatic heterocycles. The number of carbonyl (C=O) groups excluding carboxylic acids is 1. The lowest BCUT2D eigenvalue weighted by Crippen LogP contribution is -2.34. The number of hydrogen-bond donors (Lipinski definition) is 2. The average molecular weight is 346 g/mol. The molecule has 1 aliphatic rings. The first kappa shape index (κ1) is 15.4. The first-order chi connectivity index (χ1) is 9.56. The minimum atomic E-state index is -0.759. The van der Waals surface area contributed by atoms with Gasteiger partial charge in [0.2, 0.25) is 0 Å². The van der Waals surface area contributed by atoms with E-state index in [0.717, 1.165) is 6.07 Å². The van der Waals surface area contributed by atoms with Gasteiger partial charge in [0.05, 0.1) is 18.3 Å². The predicted octanol–water partition coefficient (Wildman–Crippen LogP) is 2.11. The van der Waals surface area contributed by atoms with Crippen LogP contribution in [0.1, 0.15) is 23.2 Å². The highest BCUT2D eigenvalue weighted by atomic mass is 79.9. The normalized spacial score (nSPS) is 15.9. The molecule has 0 saturated heterocycles. The topological polar surface area (TPSA) is 58.6 Å². The first-order valence-electron chi connectivity index (χ1n) is 6.55. The van der Waals surface area contributed by atoms with E-state index in [1.54, 1.807) is 0 Å². The number of hydrogen-bond acceptors (Lipinski definition) is 3. The van der Waals surface area contributed by atoms with Crippen LogP contribution >= 0.6 is 15.9 Å². The smallest absolute Gasteiger partial charge is 0.252 e. The van der Waals surface area contributed by atoms with E-state index in [9.17, 15) is 14.3 Å². The highest BCUT2D eigenvalue weighted by molar-refractivity contribution is 9.10. The maximum absolute atomic E-state index is 13.1. The molecule has 1 aromatic rings. The van der Waals surface area contributed by atoms with Crippen molar-refractivity contribution in [3.8, 4) is 0 Å². The zero-order valence-electron chi connectivity index (χ0n) is 10.9. The van der Waals surface area contributed by atoms with Gasteiger partial charge < -0.3 is 15.2 Å². The van der Waals surface area contributed by atoms with Crippen molar-refractivity contribution >= 4 is 21.8 Å². The summed E-state index contributed by atoms with van der Waals surface area (Å²) in [5.74, 6) is -0.274. The fraction of sp³-hybridized carbons (Fsp3) is 0.500. The van der Waals surface area contributed by atoms with Crippen molar-refractivity contribution in [1.82, 2.24) is 5.32 Å². The van der Waals surface area contributed by atoms with Crippen molar-refractivity contribution in [3.63, 3.8) is 0 Å². The second-order valence-corrected chi connectivity index (χ2v) is 5.82. The number of amides is 1. The van der Waals surface area contributed by atoms with Gasteiger partial charge >= 0.3 is 0 Å². The van der Waals surface area contributed by atoms with E-state index in [4.69, 9.17) is 4.74 Å². The second kappa shape index (κ2) is 7.15. The molecule has 0 radical (unpaired) electrons. The molecule has 0 aromatic heterocycles. The van der Waals surface area contributed by atoms with Crippen molar-refractivity contribution in [2.75, 3.05) is 19.8 Å². The Morgan fingerprint density at radius 2 is 2.30 bits per heavy atom. The zero-order valence-corrected chi connectivity index (χ0v) is 12.5. The Morgan fingerprint density at radius 1 is 1.55 bits per heavy atom. The van der Waals surface area contributed by atoms with Crippen LogP contribution in [0.25, 0.3) is 0 Å². The number of rotatable bonds is 7.